The van der Waals surface area contributed by atoms with Crippen LogP contribution in [0.25, 0.3) is 0 Å². The lowest BCUT2D eigenvalue weighted by Gasteiger charge is -2.36. The fourth-order valence-electron chi connectivity index (χ4n) is 5.12. The fourth-order valence-corrected chi connectivity index (χ4v) is 6.75. The summed E-state index contributed by atoms with van der Waals surface area (Å²) in [5.41, 5.74) is 2.54. The molecular weight excluding hydrogens is 512 g/mol. The van der Waals surface area contributed by atoms with Crippen molar-refractivity contribution >= 4 is 33.0 Å². The number of hydrogen-bond acceptors (Lipinski definition) is 8. The highest BCUT2D eigenvalue weighted by Gasteiger charge is 2.39. The Bertz CT molecular complexity index is 1090. The highest BCUT2D eigenvalue weighted by atomic mass is 32.2. The monoisotopic (exact) mass is 554 g/mol. The largest absolute Gasteiger partial charge is 0.489 e. The molecule has 8 nitrogen and oxygen atoms in total. The molecule has 3 rings (SSSR count). The minimum atomic E-state index is -3.47. The minimum Gasteiger partial charge on any atom is -0.489 e. The Hall–Kier alpha value is -1.78. The van der Waals surface area contributed by atoms with E-state index in [1.807, 2.05) is 34.7 Å². The zero-order chi connectivity index (χ0) is 27.5. The summed E-state index contributed by atoms with van der Waals surface area (Å²) in [6, 6.07) is 0.119. The fraction of sp³-hybridized carbons (Fsp3) is 0.704. The normalized spacial score (nSPS) is 26.8. The van der Waals surface area contributed by atoms with E-state index in [0.717, 1.165) is 66.7 Å². The molecule has 0 saturated heterocycles. The second-order valence-corrected chi connectivity index (χ2v) is 13.9. The zero-order valence-electron chi connectivity index (χ0n) is 23.3. The third kappa shape index (κ3) is 7.86. The van der Waals surface area contributed by atoms with Crippen molar-refractivity contribution in [2.24, 2.45) is 10.9 Å². The predicted octanol–water partition coefficient (Wildman–Crippen LogP) is 5.82. The van der Waals surface area contributed by atoms with Crippen LogP contribution in [0.5, 0.6) is 0 Å². The number of thioether (sulfide) groups is 1. The highest BCUT2D eigenvalue weighted by Crippen LogP contribution is 2.52. The Morgan fingerprint density at radius 1 is 1.19 bits per heavy atom. The van der Waals surface area contributed by atoms with Gasteiger partial charge in [0.05, 0.1) is 24.5 Å². The number of carbonyl (C=O) groups excluding carboxylic acids is 1. The lowest BCUT2D eigenvalue weighted by molar-refractivity contribution is 0.00901. The predicted molar refractivity (Wildman–Crippen MR) is 149 cm³/mol. The van der Waals surface area contributed by atoms with E-state index in [9.17, 15) is 13.2 Å². The average Bonchev–Trinajstić information content (AvgIpc) is 3.34. The van der Waals surface area contributed by atoms with E-state index in [1.165, 1.54) is 10.5 Å². The molecule has 0 radical (unpaired) electrons. The van der Waals surface area contributed by atoms with Gasteiger partial charge in [-0.1, -0.05) is 18.3 Å². The van der Waals surface area contributed by atoms with E-state index in [0.29, 0.717) is 6.42 Å². The molecule has 37 heavy (non-hydrogen) atoms. The van der Waals surface area contributed by atoms with Crippen LogP contribution < -0.4 is 0 Å². The zero-order valence-corrected chi connectivity index (χ0v) is 24.9. The molecule has 0 bridgehead atoms. The van der Waals surface area contributed by atoms with Gasteiger partial charge in [0.15, 0.2) is 0 Å². The van der Waals surface area contributed by atoms with Gasteiger partial charge in [-0.3, -0.25) is 9.18 Å². The van der Waals surface area contributed by atoms with Gasteiger partial charge in [0.25, 0.3) is 10.1 Å². The molecule has 0 N–H and O–H groups in total. The first kappa shape index (κ1) is 29.8. The molecule has 1 amide bonds. The van der Waals surface area contributed by atoms with E-state index in [-0.39, 0.29) is 30.8 Å². The molecule has 10 heteroatoms. The van der Waals surface area contributed by atoms with Crippen LogP contribution in [0.15, 0.2) is 39.0 Å². The van der Waals surface area contributed by atoms with Crippen LogP contribution >= 0.6 is 11.8 Å². The van der Waals surface area contributed by atoms with Crippen molar-refractivity contribution in [2.75, 3.05) is 27.0 Å². The first-order valence-corrected chi connectivity index (χ1v) is 15.6. The van der Waals surface area contributed by atoms with E-state index >= 15 is 0 Å². The van der Waals surface area contributed by atoms with E-state index in [4.69, 9.17) is 13.7 Å². The lowest BCUT2D eigenvalue weighted by atomic mass is 9.90. The molecule has 0 aromatic rings. The van der Waals surface area contributed by atoms with Crippen LogP contribution in [0.4, 0.5) is 4.79 Å². The molecule has 1 saturated carbocycles. The number of rotatable bonds is 8. The standard InChI is InChI=1S/C27H42N2O6S2/c1-17(2)24(34-20-12-10-19(11-13-20)29(7)26(30)35-27(3,4)5)23-22-18(15-16-33-37(8,31)32)9-14-21(22)36-25(23)28-6/h18-20H,1,9-16H2,2-8H3/b24-23+,28-25?/t18-,19?,20?/m1/s1. The van der Waals surface area contributed by atoms with Gasteiger partial charge in [0.2, 0.25) is 0 Å². The number of hydrogen-bond donors (Lipinski definition) is 0. The van der Waals surface area contributed by atoms with Crippen LogP contribution in [0, 0.1) is 5.92 Å². The van der Waals surface area contributed by atoms with Crippen molar-refractivity contribution in [2.45, 2.75) is 90.4 Å². The maximum absolute atomic E-state index is 12.5. The van der Waals surface area contributed by atoms with Crippen molar-refractivity contribution in [3.63, 3.8) is 0 Å². The van der Waals surface area contributed by atoms with Crippen LogP contribution in [-0.4, -0.2) is 69.2 Å². The van der Waals surface area contributed by atoms with Gasteiger partial charge in [0, 0.05) is 20.1 Å². The Morgan fingerprint density at radius 2 is 1.84 bits per heavy atom. The number of amides is 1. The summed E-state index contributed by atoms with van der Waals surface area (Å²) in [6.45, 7) is 12.0. The maximum Gasteiger partial charge on any atom is 0.410 e. The van der Waals surface area contributed by atoms with Gasteiger partial charge >= 0.3 is 6.09 Å². The lowest BCUT2D eigenvalue weighted by Crippen LogP contribution is -2.43. The second-order valence-electron chi connectivity index (χ2n) is 11.1. The molecule has 1 atom stereocenters. The third-order valence-electron chi connectivity index (χ3n) is 6.87. The molecule has 1 fully saturated rings. The number of carbonyl (C=O) groups is 1. The van der Waals surface area contributed by atoms with Crippen LogP contribution in [-0.2, 0) is 23.8 Å². The van der Waals surface area contributed by atoms with Gasteiger partial charge in [-0.15, -0.1) is 0 Å². The Labute approximate surface area is 226 Å². The summed E-state index contributed by atoms with van der Waals surface area (Å²) in [7, 11) is 0.131. The van der Waals surface area contributed by atoms with Gasteiger partial charge < -0.3 is 14.4 Å². The summed E-state index contributed by atoms with van der Waals surface area (Å²) in [6.07, 6.45) is 6.65. The molecule has 0 unspecified atom stereocenters. The van der Waals surface area contributed by atoms with Crippen molar-refractivity contribution in [1.29, 1.82) is 0 Å². The van der Waals surface area contributed by atoms with Crippen molar-refractivity contribution in [1.82, 2.24) is 4.90 Å². The smallest absolute Gasteiger partial charge is 0.410 e. The molecule has 1 heterocycles. The molecule has 3 aliphatic rings. The van der Waals surface area contributed by atoms with Gasteiger partial charge in [-0.05, 0) is 94.6 Å². The molecule has 1 aliphatic heterocycles. The SMILES string of the molecule is C=C(C)/C(OC1CCC(N(C)C(=O)OC(C)(C)C)CC1)=C1\C(=NC)SC2=C1[C@@H](CCOS(C)(=O)=O)CC2. The molecule has 0 aromatic heterocycles. The van der Waals surface area contributed by atoms with Crippen molar-refractivity contribution < 1.29 is 26.9 Å². The summed E-state index contributed by atoms with van der Waals surface area (Å²) in [5, 5.41) is 0.926. The molecule has 2 aliphatic carbocycles. The number of aliphatic imine (C=N–C) groups is 1. The molecule has 0 spiro atoms. The second kappa shape index (κ2) is 11.9. The summed E-state index contributed by atoms with van der Waals surface area (Å²) < 4.78 is 40.1. The topological polar surface area (TPSA) is 94.5 Å². The maximum atomic E-state index is 12.5. The summed E-state index contributed by atoms with van der Waals surface area (Å²) >= 11 is 1.69. The van der Waals surface area contributed by atoms with Gasteiger partial charge in [-0.2, -0.15) is 8.42 Å². The van der Waals surface area contributed by atoms with E-state index in [2.05, 4.69) is 11.6 Å². The Morgan fingerprint density at radius 3 is 2.38 bits per heavy atom. The first-order valence-electron chi connectivity index (χ1n) is 13.0. The average molecular weight is 555 g/mol. The summed E-state index contributed by atoms with van der Waals surface area (Å²) in [5.74, 6) is 0.965. The molecule has 208 valence electrons. The molecule has 0 aromatic carbocycles. The van der Waals surface area contributed by atoms with Crippen LogP contribution in [0.3, 0.4) is 0 Å². The third-order valence-corrected chi connectivity index (χ3v) is 8.72. The quantitative estimate of drug-likeness (QED) is 0.276. The molecular formula is C27H42N2O6S2. The van der Waals surface area contributed by atoms with Gasteiger partial charge in [0.1, 0.15) is 16.4 Å². The van der Waals surface area contributed by atoms with E-state index in [1.54, 1.807) is 23.7 Å². The van der Waals surface area contributed by atoms with Crippen molar-refractivity contribution in [3.05, 3.63) is 34.0 Å². The summed E-state index contributed by atoms with van der Waals surface area (Å²) in [4.78, 5) is 20.1. The Kier molecular flexibility index (Phi) is 9.61. The number of ether oxygens (including phenoxy) is 2. The van der Waals surface area contributed by atoms with Gasteiger partial charge in [-0.25, -0.2) is 4.79 Å². The van der Waals surface area contributed by atoms with Crippen molar-refractivity contribution in [3.8, 4) is 0 Å². The Balaban J connectivity index is 1.73. The van der Waals surface area contributed by atoms with Crippen LogP contribution in [0.1, 0.15) is 72.6 Å². The van der Waals surface area contributed by atoms with Crippen LogP contribution in [0.2, 0.25) is 0 Å². The first-order chi connectivity index (χ1) is 17.2. The highest BCUT2D eigenvalue weighted by molar-refractivity contribution is 8.18. The number of allylic oxidation sites excluding steroid dienone is 3. The minimum absolute atomic E-state index is 0.0173. The van der Waals surface area contributed by atoms with E-state index < -0.39 is 15.7 Å². The number of nitrogens with zero attached hydrogens (tertiary/aromatic N) is 2.